The lowest BCUT2D eigenvalue weighted by Gasteiger charge is -2.32. The monoisotopic (exact) mass is 408 g/mol. The van der Waals surface area contributed by atoms with Crippen molar-refractivity contribution in [1.29, 1.82) is 0 Å². The minimum atomic E-state index is -0.581. The van der Waals surface area contributed by atoms with E-state index in [1.54, 1.807) is 18.3 Å². The van der Waals surface area contributed by atoms with Crippen molar-refractivity contribution in [2.24, 2.45) is 11.7 Å². The summed E-state index contributed by atoms with van der Waals surface area (Å²) in [6, 6.07) is 4.67. The molecule has 1 fully saturated rings. The molecule has 0 bridgehead atoms. The van der Waals surface area contributed by atoms with Crippen LogP contribution in [0.3, 0.4) is 0 Å². The molecule has 1 aliphatic rings. The van der Waals surface area contributed by atoms with E-state index >= 15 is 0 Å². The highest BCUT2D eigenvalue weighted by Gasteiger charge is 2.23. The van der Waals surface area contributed by atoms with Crippen LogP contribution in [0.2, 0.25) is 0 Å². The van der Waals surface area contributed by atoms with Gasteiger partial charge >= 0.3 is 0 Å². The molecule has 2 N–H and O–H groups in total. The number of amides is 1. The van der Waals surface area contributed by atoms with Gasteiger partial charge in [0.05, 0.1) is 6.61 Å². The molecule has 3 rings (SSSR count). The van der Waals surface area contributed by atoms with E-state index in [4.69, 9.17) is 10.5 Å². The Bertz CT molecular complexity index is 766. The maximum absolute atomic E-state index is 14.0. The minimum Gasteiger partial charge on any atom is -0.493 e. The number of nitrogens with zero attached hydrogens (tertiary/aromatic N) is 3. The SMILES string of the molecule is NC(=O)c1cc(OCC2CCN(c3ncc(Br)cc3F)CC2)ccn1. The lowest BCUT2D eigenvalue weighted by atomic mass is 9.98. The van der Waals surface area contributed by atoms with Gasteiger partial charge in [-0.1, -0.05) is 0 Å². The number of nitrogens with two attached hydrogens (primary N) is 1. The van der Waals surface area contributed by atoms with Gasteiger partial charge in [0, 0.05) is 36.0 Å². The fourth-order valence-corrected chi connectivity index (χ4v) is 3.10. The molecule has 0 aliphatic carbocycles. The van der Waals surface area contributed by atoms with Crippen LogP contribution in [-0.4, -0.2) is 35.6 Å². The molecule has 0 spiro atoms. The number of hydrogen-bond donors (Lipinski definition) is 1. The van der Waals surface area contributed by atoms with E-state index in [2.05, 4.69) is 25.9 Å². The minimum absolute atomic E-state index is 0.184. The van der Waals surface area contributed by atoms with Crippen LogP contribution in [0.4, 0.5) is 10.2 Å². The van der Waals surface area contributed by atoms with Gasteiger partial charge in [-0.25, -0.2) is 9.37 Å². The Labute approximate surface area is 153 Å². The van der Waals surface area contributed by atoms with Gasteiger partial charge in [-0.2, -0.15) is 0 Å². The molecule has 0 saturated carbocycles. The van der Waals surface area contributed by atoms with E-state index in [-0.39, 0.29) is 11.5 Å². The number of piperidine rings is 1. The highest BCUT2D eigenvalue weighted by molar-refractivity contribution is 9.10. The van der Waals surface area contributed by atoms with Crippen molar-refractivity contribution < 1.29 is 13.9 Å². The molecule has 25 heavy (non-hydrogen) atoms. The van der Waals surface area contributed by atoms with Crippen LogP contribution in [0.25, 0.3) is 0 Å². The Hall–Kier alpha value is -2.22. The molecule has 3 heterocycles. The first-order chi connectivity index (χ1) is 12.0. The summed E-state index contributed by atoms with van der Waals surface area (Å²) in [4.78, 5) is 21.1. The molecule has 0 atom stereocenters. The molecule has 0 aromatic carbocycles. The summed E-state index contributed by atoms with van der Waals surface area (Å²) >= 11 is 3.22. The van der Waals surface area contributed by atoms with Crippen molar-refractivity contribution in [1.82, 2.24) is 9.97 Å². The molecule has 2 aromatic heterocycles. The standard InChI is InChI=1S/C17H18BrFN4O2/c18-12-7-14(19)17(22-9-12)23-5-2-11(3-6-23)10-25-13-1-4-21-15(8-13)16(20)24/h1,4,7-9,11H,2-3,5-6,10H2,(H2,20,24). The average Bonchev–Trinajstić information content (AvgIpc) is 2.61. The number of anilines is 1. The number of hydrogen-bond acceptors (Lipinski definition) is 5. The van der Waals surface area contributed by atoms with Crippen molar-refractivity contribution >= 4 is 27.7 Å². The van der Waals surface area contributed by atoms with E-state index in [1.165, 1.54) is 12.3 Å². The van der Waals surface area contributed by atoms with Crippen LogP contribution >= 0.6 is 15.9 Å². The third kappa shape index (κ3) is 4.45. The first kappa shape index (κ1) is 17.6. The van der Waals surface area contributed by atoms with Gasteiger partial charge < -0.3 is 15.4 Å². The molecule has 1 aliphatic heterocycles. The largest absolute Gasteiger partial charge is 0.493 e. The normalized spacial score (nSPS) is 15.2. The number of pyridine rings is 2. The predicted molar refractivity (Wildman–Crippen MR) is 95.1 cm³/mol. The van der Waals surface area contributed by atoms with Crippen molar-refractivity contribution in [2.75, 3.05) is 24.6 Å². The fraction of sp³-hybridized carbons (Fsp3) is 0.353. The zero-order valence-corrected chi connectivity index (χ0v) is 15.1. The van der Waals surface area contributed by atoms with Crippen LogP contribution in [0.1, 0.15) is 23.3 Å². The number of aromatic nitrogens is 2. The summed E-state index contributed by atoms with van der Waals surface area (Å²) in [5.41, 5.74) is 5.40. The first-order valence-corrected chi connectivity index (χ1v) is 8.77. The third-order valence-corrected chi connectivity index (χ3v) is 4.61. The molecule has 2 aromatic rings. The number of carbonyl (C=O) groups excluding carboxylic acids is 1. The summed E-state index contributed by atoms with van der Waals surface area (Å²) in [5.74, 6) is 0.428. The zero-order chi connectivity index (χ0) is 17.8. The Balaban J connectivity index is 1.53. The van der Waals surface area contributed by atoms with Gasteiger partial charge in [0.15, 0.2) is 11.6 Å². The van der Waals surface area contributed by atoms with Crippen molar-refractivity contribution in [3.05, 3.63) is 46.6 Å². The maximum atomic E-state index is 14.0. The molecular weight excluding hydrogens is 391 g/mol. The summed E-state index contributed by atoms with van der Waals surface area (Å²) in [5, 5.41) is 0. The molecule has 8 heteroatoms. The highest BCUT2D eigenvalue weighted by Crippen LogP contribution is 2.26. The topological polar surface area (TPSA) is 81.3 Å². The number of halogens is 2. The predicted octanol–water partition coefficient (Wildman–Crippen LogP) is 2.77. The molecule has 0 radical (unpaired) electrons. The third-order valence-electron chi connectivity index (χ3n) is 4.17. The van der Waals surface area contributed by atoms with Crippen LogP contribution in [0.15, 0.2) is 35.1 Å². The Morgan fingerprint density at radius 2 is 2.12 bits per heavy atom. The van der Waals surface area contributed by atoms with E-state index < -0.39 is 5.91 Å². The Morgan fingerprint density at radius 3 is 2.80 bits per heavy atom. The van der Waals surface area contributed by atoms with Crippen molar-refractivity contribution in [3.63, 3.8) is 0 Å². The fourth-order valence-electron chi connectivity index (χ4n) is 2.80. The summed E-state index contributed by atoms with van der Waals surface area (Å²) in [6.07, 6.45) is 4.86. The quantitative estimate of drug-likeness (QED) is 0.822. The number of ether oxygens (including phenoxy) is 1. The van der Waals surface area contributed by atoms with E-state index in [1.807, 2.05) is 4.90 Å². The second-order valence-electron chi connectivity index (χ2n) is 5.94. The molecular formula is C17H18BrFN4O2. The molecule has 1 amide bonds. The van der Waals surface area contributed by atoms with Gasteiger partial charge in [-0.15, -0.1) is 0 Å². The molecule has 132 valence electrons. The van der Waals surface area contributed by atoms with E-state index in [9.17, 15) is 9.18 Å². The second-order valence-corrected chi connectivity index (χ2v) is 6.86. The van der Waals surface area contributed by atoms with Crippen LogP contribution in [0, 0.1) is 11.7 Å². The smallest absolute Gasteiger partial charge is 0.267 e. The van der Waals surface area contributed by atoms with E-state index in [0.29, 0.717) is 28.6 Å². The van der Waals surface area contributed by atoms with Gasteiger partial charge in [-0.3, -0.25) is 9.78 Å². The number of primary amides is 1. The molecule has 0 unspecified atom stereocenters. The summed E-state index contributed by atoms with van der Waals surface area (Å²) < 4.78 is 20.4. The average molecular weight is 409 g/mol. The zero-order valence-electron chi connectivity index (χ0n) is 13.5. The van der Waals surface area contributed by atoms with Gasteiger partial charge in [0.2, 0.25) is 0 Å². The number of rotatable bonds is 5. The Morgan fingerprint density at radius 1 is 1.36 bits per heavy atom. The Kier molecular flexibility index (Phi) is 5.47. The van der Waals surface area contributed by atoms with Crippen molar-refractivity contribution in [2.45, 2.75) is 12.8 Å². The lowest BCUT2D eigenvalue weighted by molar-refractivity contribution is 0.0995. The van der Waals surface area contributed by atoms with Crippen molar-refractivity contribution in [3.8, 4) is 5.75 Å². The summed E-state index contributed by atoms with van der Waals surface area (Å²) in [6.45, 7) is 1.98. The van der Waals surface area contributed by atoms with E-state index in [0.717, 1.165) is 25.9 Å². The van der Waals surface area contributed by atoms with Crippen LogP contribution < -0.4 is 15.4 Å². The molecule has 1 saturated heterocycles. The van der Waals surface area contributed by atoms with Gasteiger partial charge in [0.1, 0.15) is 11.4 Å². The molecule has 6 nitrogen and oxygen atoms in total. The van der Waals surface area contributed by atoms with Gasteiger partial charge in [0.25, 0.3) is 5.91 Å². The lowest BCUT2D eigenvalue weighted by Crippen LogP contribution is -2.36. The van der Waals surface area contributed by atoms with Crippen LogP contribution in [-0.2, 0) is 0 Å². The number of carbonyl (C=O) groups is 1. The maximum Gasteiger partial charge on any atom is 0.267 e. The highest BCUT2D eigenvalue weighted by atomic mass is 79.9. The van der Waals surface area contributed by atoms with Gasteiger partial charge in [-0.05, 0) is 46.8 Å². The first-order valence-electron chi connectivity index (χ1n) is 7.97. The second kappa shape index (κ2) is 7.77. The van der Waals surface area contributed by atoms with Crippen LogP contribution in [0.5, 0.6) is 5.75 Å². The summed E-state index contributed by atoms with van der Waals surface area (Å²) in [7, 11) is 0.